The first-order valence-electron chi connectivity index (χ1n) is 7.87. The van der Waals surface area contributed by atoms with Gasteiger partial charge in [-0.1, -0.05) is 0 Å². The minimum Gasteiger partial charge on any atom is -0.452 e. The van der Waals surface area contributed by atoms with Crippen LogP contribution in [0, 0.1) is 0 Å². The minimum absolute atomic E-state index is 0.174. The number of benzene rings is 1. The standard InChI is InChI=1S/C16H17F3N4O4/c1-10-6-7-23(22-10)12-4-2-11(3-5-12)14(25)27-8-13(24)21-15(26)20-9-16(17,18)19/h2-5H,6-9H2,1H3,(H2,20,21,24,26). The van der Waals surface area contributed by atoms with E-state index in [0.717, 1.165) is 24.4 Å². The summed E-state index contributed by atoms with van der Waals surface area (Å²) in [5.41, 5.74) is 1.97. The van der Waals surface area contributed by atoms with Crippen molar-refractivity contribution in [2.75, 3.05) is 24.7 Å². The van der Waals surface area contributed by atoms with E-state index >= 15 is 0 Å². The molecule has 1 aromatic rings. The Kier molecular flexibility index (Phi) is 6.37. The molecule has 0 unspecified atom stereocenters. The lowest BCUT2D eigenvalue weighted by Gasteiger charge is -2.13. The number of imide groups is 1. The number of anilines is 1. The topological polar surface area (TPSA) is 100 Å². The molecule has 1 aliphatic rings. The summed E-state index contributed by atoms with van der Waals surface area (Å²) in [4.78, 5) is 34.4. The molecule has 8 nitrogen and oxygen atoms in total. The maximum atomic E-state index is 11.9. The van der Waals surface area contributed by atoms with Crippen LogP contribution in [-0.2, 0) is 9.53 Å². The molecular formula is C16H17F3N4O4. The first-order chi connectivity index (χ1) is 12.6. The maximum Gasteiger partial charge on any atom is 0.405 e. The molecule has 27 heavy (non-hydrogen) atoms. The van der Waals surface area contributed by atoms with E-state index in [0.29, 0.717) is 0 Å². The van der Waals surface area contributed by atoms with Gasteiger partial charge >= 0.3 is 18.2 Å². The van der Waals surface area contributed by atoms with Crippen molar-refractivity contribution in [3.63, 3.8) is 0 Å². The van der Waals surface area contributed by atoms with Crippen LogP contribution in [0.3, 0.4) is 0 Å². The molecule has 0 bridgehead atoms. The van der Waals surface area contributed by atoms with Crippen LogP contribution in [0.2, 0.25) is 0 Å². The average Bonchev–Trinajstić information content (AvgIpc) is 3.04. The molecule has 2 N–H and O–H groups in total. The fraction of sp³-hybridized carbons (Fsp3) is 0.375. The number of nitrogens with zero attached hydrogens (tertiary/aromatic N) is 2. The summed E-state index contributed by atoms with van der Waals surface area (Å²) in [5.74, 6) is -1.87. The predicted molar refractivity (Wildman–Crippen MR) is 89.4 cm³/mol. The van der Waals surface area contributed by atoms with Crippen molar-refractivity contribution in [2.24, 2.45) is 5.10 Å². The number of ether oxygens (including phenoxy) is 1. The molecule has 0 aromatic heterocycles. The Morgan fingerprint density at radius 1 is 1.22 bits per heavy atom. The Bertz CT molecular complexity index is 747. The van der Waals surface area contributed by atoms with E-state index in [-0.39, 0.29) is 5.56 Å². The van der Waals surface area contributed by atoms with E-state index < -0.39 is 37.2 Å². The predicted octanol–water partition coefficient (Wildman–Crippen LogP) is 1.82. The summed E-state index contributed by atoms with van der Waals surface area (Å²) in [5, 5.41) is 9.19. The Balaban J connectivity index is 1.78. The van der Waals surface area contributed by atoms with Crippen LogP contribution in [0.15, 0.2) is 29.4 Å². The number of hydrazone groups is 1. The van der Waals surface area contributed by atoms with Crippen LogP contribution in [0.25, 0.3) is 0 Å². The molecule has 0 spiro atoms. The number of amides is 3. The van der Waals surface area contributed by atoms with E-state index in [1.807, 2.05) is 6.92 Å². The third kappa shape index (κ3) is 6.60. The van der Waals surface area contributed by atoms with Gasteiger partial charge in [0, 0.05) is 18.7 Å². The lowest BCUT2D eigenvalue weighted by atomic mass is 10.2. The van der Waals surface area contributed by atoms with Gasteiger partial charge in [0.25, 0.3) is 5.91 Å². The number of nitrogens with one attached hydrogen (secondary N) is 2. The number of carbonyl (C=O) groups is 3. The van der Waals surface area contributed by atoms with Gasteiger partial charge in [-0.15, -0.1) is 0 Å². The highest BCUT2D eigenvalue weighted by Crippen LogP contribution is 2.20. The molecule has 3 amide bonds. The number of carbonyl (C=O) groups excluding carboxylic acids is 3. The van der Waals surface area contributed by atoms with Crippen LogP contribution in [0.1, 0.15) is 23.7 Å². The van der Waals surface area contributed by atoms with Crippen molar-refractivity contribution < 1.29 is 32.3 Å². The zero-order chi connectivity index (χ0) is 20.0. The Morgan fingerprint density at radius 2 is 1.89 bits per heavy atom. The summed E-state index contributed by atoms with van der Waals surface area (Å²) in [6.45, 7) is 0.265. The van der Waals surface area contributed by atoms with Crippen molar-refractivity contribution in [2.45, 2.75) is 19.5 Å². The van der Waals surface area contributed by atoms with Crippen molar-refractivity contribution in [3.8, 4) is 0 Å². The molecule has 146 valence electrons. The normalized spacial score (nSPS) is 13.8. The van der Waals surface area contributed by atoms with E-state index in [1.54, 1.807) is 22.5 Å². The highest BCUT2D eigenvalue weighted by molar-refractivity contribution is 5.97. The Labute approximate surface area is 152 Å². The van der Waals surface area contributed by atoms with Crippen LogP contribution in [0.5, 0.6) is 0 Å². The van der Waals surface area contributed by atoms with Gasteiger partial charge in [-0.2, -0.15) is 18.3 Å². The summed E-state index contributed by atoms with van der Waals surface area (Å²) in [6.07, 6.45) is -3.74. The van der Waals surface area contributed by atoms with E-state index in [1.165, 1.54) is 17.4 Å². The number of hydrogen-bond acceptors (Lipinski definition) is 6. The van der Waals surface area contributed by atoms with Crippen LogP contribution < -0.4 is 15.6 Å². The molecule has 1 heterocycles. The monoisotopic (exact) mass is 386 g/mol. The van der Waals surface area contributed by atoms with Crippen molar-refractivity contribution >= 4 is 29.3 Å². The molecule has 1 aromatic carbocycles. The maximum absolute atomic E-state index is 11.9. The first-order valence-corrected chi connectivity index (χ1v) is 7.87. The van der Waals surface area contributed by atoms with Gasteiger partial charge in [-0.25, -0.2) is 9.59 Å². The number of rotatable bonds is 5. The van der Waals surface area contributed by atoms with E-state index in [9.17, 15) is 27.6 Å². The minimum atomic E-state index is -4.60. The van der Waals surface area contributed by atoms with Crippen molar-refractivity contribution in [1.29, 1.82) is 0 Å². The fourth-order valence-electron chi connectivity index (χ4n) is 2.13. The van der Waals surface area contributed by atoms with E-state index in [4.69, 9.17) is 4.74 Å². The highest BCUT2D eigenvalue weighted by Gasteiger charge is 2.28. The largest absolute Gasteiger partial charge is 0.452 e. The summed E-state index contributed by atoms with van der Waals surface area (Å²) < 4.78 is 40.5. The SMILES string of the molecule is CC1=NN(c2ccc(C(=O)OCC(=O)NC(=O)NCC(F)(F)F)cc2)CC1. The molecule has 11 heteroatoms. The Morgan fingerprint density at radius 3 is 2.44 bits per heavy atom. The third-order valence-corrected chi connectivity index (χ3v) is 3.41. The summed E-state index contributed by atoms with van der Waals surface area (Å²) in [6, 6.07) is 5.00. The summed E-state index contributed by atoms with van der Waals surface area (Å²) >= 11 is 0. The number of esters is 1. The molecule has 0 saturated carbocycles. The molecule has 1 aliphatic heterocycles. The van der Waals surface area contributed by atoms with E-state index in [2.05, 4.69) is 5.10 Å². The molecule has 0 radical (unpaired) electrons. The van der Waals surface area contributed by atoms with Crippen LogP contribution in [-0.4, -0.2) is 49.5 Å². The van der Waals surface area contributed by atoms with Crippen molar-refractivity contribution in [3.05, 3.63) is 29.8 Å². The van der Waals surface area contributed by atoms with Gasteiger partial charge in [-0.3, -0.25) is 15.1 Å². The van der Waals surface area contributed by atoms with Gasteiger partial charge in [0.05, 0.1) is 11.3 Å². The van der Waals surface area contributed by atoms with Crippen LogP contribution >= 0.6 is 0 Å². The molecule has 2 rings (SSSR count). The van der Waals surface area contributed by atoms with Gasteiger partial charge in [-0.05, 0) is 31.2 Å². The zero-order valence-corrected chi connectivity index (χ0v) is 14.3. The second-order valence-corrected chi connectivity index (χ2v) is 5.68. The van der Waals surface area contributed by atoms with Crippen LogP contribution in [0.4, 0.5) is 23.7 Å². The van der Waals surface area contributed by atoms with Crippen molar-refractivity contribution in [1.82, 2.24) is 10.6 Å². The Hall–Kier alpha value is -3.11. The lowest BCUT2D eigenvalue weighted by Crippen LogP contribution is -2.44. The fourth-order valence-corrected chi connectivity index (χ4v) is 2.13. The molecule has 0 atom stereocenters. The van der Waals surface area contributed by atoms with Gasteiger partial charge in [0.15, 0.2) is 6.61 Å². The quantitative estimate of drug-likeness (QED) is 0.752. The smallest absolute Gasteiger partial charge is 0.405 e. The van der Waals surface area contributed by atoms with Gasteiger partial charge < -0.3 is 10.1 Å². The van der Waals surface area contributed by atoms with Gasteiger partial charge in [0.1, 0.15) is 6.54 Å². The number of urea groups is 1. The second kappa shape index (κ2) is 8.52. The lowest BCUT2D eigenvalue weighted by molar-refractivity contribution is -0.125. The first kappa shape index (κ1) is 20.2. The molecule has 0 saturated heterocycles. The average molecular weight is 386 g/mol. The number of hydrogen-bond donors (Lipinski definition) is 2. The third-order valence-electron chi connectivity index (χ3n) is 3.41. The molecule has 0 fully saturated rings. The molecular weight excluding hydrogens is 369 g/mol. The number of alkyl halides is 3. The highest BCUT2D eigenvalue weighted by atomic mass is 19.4. The zero-order valence-electron chi connectivity index (χ0n) is 14.3. The second-order valence-electron chi connectivity index (χ2n) is 5.68. The number of halogens is 3. The van der Waals surface area contributed by atoms with Gasteiger partial charge in [0.2, 0.25) is 0 Å². The molecule has 0 aliphatic carbocycles. The summed E-state index contributed by atoms with van der Waals surface area (Å²) in [7, 11) is 0.